The van der Waals surface area contributed by atoms with E-state index >= 15 is 0 Å². The van der Waals surface area contributed by atoms with Crippen LogP contribution in [-0.4, -0.2) is 5.11 Å². The van der Waals surface area contributed by atoms with Gasteiger partial charge in [-0.15, -0.1) is 0 Å². The van der Waals surface area contributed by atoms with Crippen molar-refractivity contribution in [2.45, 2.75) is 12.5 Å². The van der Waals surface area contributed by atoms with Crippen molar-refractivity contribution in [1.82, 2.24) is 0 Å². The molecule has 0 fully saturated rings. The molecule has 102 valence electrons. The molecule has 0 aliphatic heterocycles. The van der Waals surface area contributed by atoms with Gasteiger partial charge >= 0.3 is 0 Å². The molecule has 0 saturated heterocycles. The molecular formula is C16H12F2O2. The summed E-state index contributed by atoms with van der Waals surface area (Å²) in [5, 5.41) is 11.1. The Bertz CT molecular complexity index is 775. The lowest BCUT2D eigenvalue weighted by atomic mass is 9.93. The Labute approximate surface area is 114 Å². The molecule has 20 heavy (non-hydrogen) atoms. The maximum Gasteiger partial charge on any atom is 0.147 e. The minimum absolute atomic E-state index is 0.111. The zero-order valence-electron chi connectivity index (χ0n) is 10.7. The number of rotatable bonds is 2. The van der Waals surface area contributed by atoms with E-state index in [4.69, 9.17) is 4.42 Å². The van der Waals surface area contributed by atoms with Crippen molar-refractivity contribution in [3.05, 3.63) is 71.5 Å². The van der Waals surface area contributed by atoms with Gasteiger partial charge in [-0.05, 0) is 37.3 Å². The maximum absolute atomic E-state index is 13.8. The minimum atomic E-state index is -1.62. The second-order valence-corrected chi connectivity index (χ2v) is 4.84. The van der Waals surface area contributed by atoms with Crippen molar-refractivity contribution < 1.29 is 18.3 Å². The fourth-order valence-corrected chi connectivity index (χ4v) is 2.24. The lowest BCUT2D eigenvalue weighted by Crippen LogP contribution is -2.23. The van der Waals surface area contributed by atoms with E-state index in [2.05, 4.69) is 0 Å². The van der Waals surface area contributed by atoms with Gasteiger partial charge in [0.25, 0.3) is 0 Å². The number of hydrogen-bond acceptors (Lipinski definition) is 2. The van der Waals surface area contributed by atoms with Gasteiger partial charge in [0.15, 0.2) is 0 Å². The smallest absolute Gasteiger partial charge is 0.147 e. The number of fused-ring (bicyclic) bond motifs is 1. The largest absolute Gasteiger partial charge is 0.458 e. The molecule has 0 spiro atoms. The Hall–Kier alpha value is -2.20. The molecule has 3 rings (SSSR count). The first-order valence-electron chi connectivity index (χ1n) is 6.15. The topological polar surface area (TPSA) is 33.4 Å². The number of hydrogen-bond donors (Lipinski definition) is 1. The van der Waals surface area contributed by atoms with Crippen LogP contribution in [-0.2, 0) is 5.60 Å². The molecule has 0 aliphatic rings. The summed E-state index contributed by atoms with van der Waals surface area (Å²) in [5.74, 6) is -0.747. The Morgan fingerprint density at radius 1 is 1.05 bits per heavy atom. The van der Waals surface area contributed by atoms with Crippen LogP contribution >= 0.6 is 0 Å². The second kappa shape index (κ2) is 4.42. The van der Waals surface area contributed by atoms with E-state index in [1.807, 2.05) is 0 Å². The van der Waals surface area contributed by atoms with E-state index in [9.17, 15) is 13.9 Å². The third kappa shape index (κ3) is 1.98. The molecule has 1 unspecified atom stereocenters. The summed E-state index contributed by atoms with van der Waals surface area (Å²) in [6.45, 7) is 1.44. The fraction of sp³-hybridized carbons (Fsp3) is 0.125. The molecular weight excluding hydrogens is 262 g/mol. The van der Waals surface area contributed by atoms with Crippen LogP contribution in [0.4, 0.5) is 8.78 Å². The first-order chi connectivity index (χ1) is 9.48. The van der Waals surface area contributed by atoms with Gasteiger partial charge in [-0.2, -0.15) is 0 Å². The monoisotopic (exact) mass is 274 g/mol. The van der Waals surface area contributed by atoms with Gasteiger partial charge < -0.3 is 9.52 Å². The summed E-state index contributed by atoms with van der Waals surface area (Å²) in [7, 11) is 0. The fourth-order valence-electron chi connectivity index (χ4n) is 2.24. The van der Waals surface area contributed by atoms with Gasteiger partial charge in [-0.3, -0.25) is 0 Å². The van der Waals surface area contributed by atoms with Crippen LogP contribution in [0.15, 0.2) is 52.9 Å². The average Bonchev–Trinajstić information content (AvgIpc) is 2.82. The molecule has 0 saturated carbocycles. The van der Waals surface area contributed by atoms with Gasteiger partial charge in [0.2, 0.25) is 0 Å². The lowest BCUT2D eigenvalue weighted by molar-refractivity contribution is 0.0748. The van der Waals surface area contributed by atoms with E-state index in [1.54, 1.807) is 12.1 Å². The first-order valence-corrected chi connectivity index (χ1v) is 6.15. The predicted octanol–water partition coefficient (Wildman–Crippen LogP) is 3.97. The highest BCUT2D eigenvalue weighted by atomic mass is 19.1. The van der Waals surface area contributed by atoms with Crippen LogP contribution in [0.25, 0.3) is 11.0 Å². The highest BCUT2D eigenvalue weighted by Gasteiger charge is 2.32. The molecule has 4 heteroatoms. The van der Waals surface area contributed by atoms with Crippen LogP contribution in [0, 0.1) is 11.6 Å². The van der Waals surface area contributed by atoms with Crippen LogP contribution < -0.4 is 0 Å². The van der Waals surface area contributed by atoms with Crippen LogP contribution in [0.2, 0.25) is 0 Å². The number of benzene rings is 2. The summed E-state index contributed by atoms with van der Waals surface area (Å²) in [6, 6.07) is 11.5. The molecule has 0 radical (unpaired) electrons. The van der Waals surface area contributed by atoms with Gasteiger partial charge in [-0.1, -0.05) is 18.2 Å². The summed E-state index contributed by atoms with van der Waals surface area (Å²) in [4.78, 5) is 0. The Balaban J connectivity index is 2.16. The standard InChI is InChI=1S/C16H12F2O2/c1-16(19,12-4-2-3-5-13(12)18)15-9-10-8-11(17)6-7-14(10)20-15/h2-9,19H,1H3. The quantitative estimate of drug-likeness (QED) is 0.767. The van der Waals surface area contributed by atoms with Crippen molar-refractivity contribution in [2.24, 2.45) is 0 Å². The molecule has 0 amide bonds. The number of halogens is 2. The molecule has 0 aliphatic carbocycles. The SMILES string of the molecule is CC(O)(c1cc2cc(F)ccc2o1)c1ccccc1F. The first kappa shape index (κ1) is 12.8. The molecule has 1 heterocycles. The minimum Gasteiger partial charge on any atom is -0.458 e. The highest BCUT2D eigenvalue weighted by Crippen LogP contribution is 2.34. The summed E-state index contributed by atoms with van der Waals surface area (Å²) >= 11 is 0. The number of aliphatic hydroxyl groups is 1. The zero-order valence-corrected chi connectivity index (χ0v) is 10.7. The highest BCUT2D eigenvalue weighted by molar-refractivity contribution is 5.78. The van der Waals surface area contributed by atoms with Crippen LogP contribution in [0.3, 0.4) is 0 Å². The predicted molar refractivity (Wildman–Crippen MR) is 71.2 cm³/mol. The lowest BCUT2D eigenvalue weighted by Gasteiger charge is -2.21. The maximum atomic E-state index is 13.8. The van der Waals surface area contributed by atoms with Gasteiger partial charge in [0, 0.05) is 10.9 Å². The summed E-state index contributed by atoms with van der Waals surface area (Å²) in [6.07, 6.45) is 0. The van der Waals surface area contributed by atoms with Gasteiger partial charge in [0.05, 0.1) is 0 Å². The van der Waals surface area contributed by atoms with Gasteiger partial charge in [0.1, 0.15) is 28.6 Å². The third-order valence-corrected chi connectivity index (χ3v) is 3.36. The van der Waals surface area contributed by atoms with E-state index in [1.165, 1.54) is 43.3 Å². The van der Waals surface area contributed by atoms with Crippen molar-refractivity contribution in [3.63, 3.8) is 0 Å². The van der Waals surface area contributed by atoms with Crippen molar-refractivity contribution in [1.29, 1.82) is 0 Å². The second-order valence-electron chi connectivity index (χ2n) is 4.84. The van der Waals surface area contributed by atoms with E-state index in [0.717, 1.165) is 0 Å². The zero-order chi connectivity index (χ0) is 14.3. The molecule has 3 aromatic rings. The summed E-state index contributed by atoms with van der Waals surface area (Å²) < 4.78 is 32.5. The Morgan fingerprint density at radius 2 is 1.80 bits per heavy atom. The van der Waals surface area contributed by atoms with Crippen LogP contribution in [0.5, 0.6) is 0 Å². The molecule has 0 bridgehead atoms. The van der Waals surface area contributed by atoms with E-state index < -0.39 is 17.2 Å². The van der Waals surface area contributed by atoms with Crippen LogP contribution in [0.1, 0.15) is 18.2 Å². The number of furan rings is 1. The van der Waals surface area contributed by atoms with Crippen molar-refractivity contribution in [3.8, 4) is 0 Å². The normalized spacial score (nSPS) is 14.4. The Kier molecular flexibility index (Phi) is 2.83. The third-order valence-electron chi connectivity index (χ3n) is 3.36. The Morgan fingerprint density at radius 3 is 2.55 bits per heavy atom. The molecule has 1 atom stereocenters. The average molecular weight is 274 g/mol. The molecule has 2 aromatic carbocycles. The molecule has 1 aromatic heterocycles. The van der Waals surface area contributed by atoms with E-state index in [0.29, 0.717) is 11.0 Å². The van der Waals surface area contributed by atoms with Crippen molar-refractivity contribution >= 4 is 11.0 Å². The van der Waals surface area contributed by atoms with Gasteiger partial charge in [-0.25, -0.2) is 8.78 Å². The van der Waals surface area contributed by atoms with Crippen molar-refractivity contribution in [2.75, 3.05) is 0 Å². The summed E-state index contributed by atoms with van der Waals surface area (Å²) in [5.41, 5.74) is -1.07. The molecule has 2 nitrogen and oxygen atoms in total. The molecule has 1 N–H and O–H groups in total. The van der Waals surface area contributed by atoms with E-state index in [-0.39, 0.29) is 11.3 Å².